The highest BCUT2D eigenvalue weighted by atomic mass is 79.9. The highest BCUT2D eigenvalue weighted by molar-refractivity contribution is 9.10. The topological polar surface area (TPSA) is 26.0 Å². The first-order chi connectivity index (χ1) is 8.63. The molecule has 0 fully saturated rings. The van der Waals surface area contributed by atoms with Gasteiger partial charge in [-0.3, -0.25) is 0 Å². The molecule has 94 valence electrons. The lowest BCUT2D eigenvalue weighted by Gasteiger charge is -2.12. The summed E-state index contributed by atoms with van der Waals surface area (Å²) in [6, 6.07) is 17.1. The van der Waals surface area contributed by atoms with E-state index in [9.17, 15) is 0 Å². The third-order valence-electron chi connectivity index (χ3n) is 2.97. The third kappa shape index (κ3) is 3.97. The zero-order valence-electron chi connectivity index (χ0n) is 10.6. The van der Waals surface area contributed by atoms with Crippen LogP contribution in [0.15, 0.2) is 53.0 Å². The Balaban J connectivity index is 1.98. The number of hydrogen-bond acceptors (Lipinski definition) is 1. The van der Waals surface area contributed by atoms with Gasteiger partial charge in [0.2, 0.25) is 0 Å². The van der Waals surface area contributed by atoms with Crippen LogP contribution in [0, 0.1) is 6.92 Å². The van der Waals surface area contributed by atoms with Crippen LogP contribution < -0.4 is 5.73 Å². The lowest BCUT2D eigenvalue weighted by molar-refractivity contribution is 0.664. The maximum atomic E-state index is 6.22. The Morgan fingerprint density at radius 3 is 2.22 bits per heavy atom. The van der Waals surface area contributed by atoms with Crippen LogP contribution in [0.5, 0.6) is 0 Å². The van der Waals surface area contributed by atoms with E-state index in [1.54, 1.807) is 0 Å². The van der Waals surface area contributed by atoms with E-state index in [-0.39, 0.29) is 6.04 Å². The van der Waals surface area contributed by atoms with Crippen molar-refractivity contribution in [2.75, 3.05) is 0 Å². The molecule has 0 aliphatic carbocycles. The van der Waals surface area contributed by atoms with Gasteiger partial charge < -0.3 is 5.73 Å². The Kier molecular flexibility index (Phi) is 4.56. The summed E-state index contributed by atoms with van der Waals surface area (Å²) >= 11 is 3.49. The fourth-order valence-corrected chi connectivity index (χ4v) is 2.63. The zero-order chi connectivity index (χ0) is 13.0. The average molecular weight is 304 g/mol. The molecule has 0 bridgehead atoms. The van der Waals surface area contributed by atoms with E-state index in [1.807, 2.05) is 6.07 Å². The minimum atomic E-state index is 0.168. The van der Waals surface area contributed by atoms with E-state index in [4.69, 9.17) is 5.73 Å². The third-order valence-corrected chi connectivity index (χ3v) is 3.46. The van der Waals surface area contributed by atoms with Crippen LogP contribution in [0.4, 0.5) is 0 Å². The molecule has 2 aromatic carbocycles. The van der Waals surface area contributed by atoms with Crippen LogP contribution >= 0.6 is 15.9 Å². The molecule has 2 heteroatoms. The van der Waals surface area contributed by atoms with Crippen molar-refractivity contribution in [2.45, 2.75) is 25.8 Å². The van der Waals surface area contributed by atoms with Gasteiger partial charge in [-0.25, -0.2) is 0 Å². The van der Waals surface area contributed by atoms with E-state index >= 15 is 0 Å². The molecule has 0 radical (unpaired) electrons. The average Bonchev–Trinajstić information content (AvgIpc) is 2.28. The van der Waals surface area contributed by atoms with Crippen LogP contribution in [0.25, 0.3) is 0 Å². The molecule has 1 unspecified atom stereocenters. The summed E-state index contributed by atoms with van der Waals surface area (Å²) in [5, 5.41) is 0. The lowest BCUT2D eigenvalue weighted by atomic mass is 9.99. The summed E-state index contributed by atoms with van der Waals surface area (Å²) in [4.78, 5) is 0. The Morgan fingerprint density at radius 1 is 1.00 bits per heavy atom. The first kappa shape index (κ1) is 13.3. The van der Waals surface area contributed by atoms with Gasteiger partial charge in [0.1, 0.15) is 0 Å². The van der Waals surface area contributed by atoms with E-state index in [0.717, 1.165) is 17.3 Å². The molecule has 0 saturated heterocycles. The van der Waals surface area contributed by atoms with Crippen molar-refractivity contribution < 1.29 is 0 Å². The molecule has 1 nitrogen and oxygen atoms in total. The molecule has 0 spiro atoms. The normalized spacial score (nSPS) is 12.4. The zero-order valence-corrected chi connectivity index (χ0v) is 12.2. The fraction of sp³-hybridized carbons (Fsp3) is 0.250. The van der Waals surface area contributed by atoms with Crippen LogP contribution in [0.3, 0.4) is 0 Å². The van der Waals surface area contributed by atoms with Crippen LogP contribution in [-0.2, 0) is 12.8 Å². The molecule has 1 atom stereocenters. The Hall–Kier alpha value is -1.12. The van der Waals surface area contributed by atoms with Crippen molar-refractivity contribution in [1.29, 1.82) is 0 Å². The molecule has 2 rings (SSSR count). The summed E-state index contributed by atoms with van der Waals surface area (Å²) < 4.78 is 1.11. The molecular weight excluding hydrogens is 286 g/mol. The number of rotatable bonds is 4. The number of aryl methyl sites for hydroxylation is 1. The minimum absolute atomic E-state index is 0.168. The van der Waals surface area contributed by atoms with Crippen molar-refractivity contribution in [3.05, 3.63) is 69.7 Å². The number of hydrogen-bond donors (Lipinski definition) is 1. The molecule has 0 saturated carbocycles. The molecule has 0 amide bonds. The maximum Gasteiger partial charge on any atom is 0.0178 e. The van der Waals surface area contributed by atoms with Gasteiger partial charge in [0.15, 0.2) is 0 Å². The molecule has 0 aromatic heterocycles. The van der Waals surface area contributed by atoms with Crippen LogP contribution in [0.2, 0.25) is 0 Å². The largest absolute Gasteiger partial charge is 0.327 e. The summed E-state index contributed by atoms with van der Waals surface area (Å²) in [5.41, 5.74) is 10.1. The first-order valence-corrected chi connectivity index (χ1v) is 6.98. The quantitative estimate of drug-likeness (QED) is 0.911. The predicted octanol–water partition coefficient (Wildman–Crippen LogP) is 3.87. The van der Waals surface area contributed by atoms with Gasteiger partial charge in [0, 0.05) is 10.5 Å². The highest BCUT2D eigenvalue weighted by Gasteiger charge is 2.06. The van der Waals surface area contributed by atoms with Crippen molar-refractivity contribution in [3.8, 4) is 0 Å². The van der Waals surface area contributed by atoms with E-state index in [2.05, 4.69) is 65.3 Å². The summed E-state index contributed by atoms with van der Waals surface area (Å²) in [5.74, 6) is 0. The maximum absolute atomic E-state index is 6.22. The van der Waals surface area contributed by atoms with Gasteiger partial charge in [-0.2, -0.15) is 0 Å². The minimum Gasteiger partial charge on any atom is -0.327 e. The highest BCUT2D eigenvalue weighted by Crippen LogP contribution is 2.14. The first-order valence-electron chi connectivity index (χ1n) is 6.19. The van der Waals surface area contributed by atoms with Crippen LogP contribution in [-0.4, -0.2) is 6.04 Å². The standard InChI is InChI=1S/C16H18BrN/c1-12-4-2-5-13(8-12)10-16(18)11-14-6-3-7-15(17)9-14/h2-9,16H,10-11,18H2,1H3. The van der Waals surface area contributed by atoms with Gasteiger partial charge >= 0.3 is 0 Å². The van der Waals surface area contributed by atoms with Gasteiger partial charge in [0.25, 0.3) is 0 Å². The summed E-state index contributed by atoms with van der Waals surface area (Å²) in [6.45, 7) is 2.11. The SMILES string of the molecule is Cc1cccc(CC(N)Cc2cccc(Br)c2)c1. The lowest BCUT2D eigenvalue weighted by Crippen LogP contribution is -2.25. The Labute approximate surface area is 117 Å². The van der Waals surface area contributed by atoms with E-state index in [0.29, 0.717) is 0 Å². The number of nitrogens with two attached hydrogens (primary N) is 1. The van der Waals surface area contributed by atoms with Crippen molar-refractivity contribution in [1.82, 2.24) is 0 Å². The van der Waals surface area contributed by atoms with Crippen LogP contribution in [0.1, 0.15) is 16.7 Å². The second kappa shape index (κ2) is 6.17. The molecule has 0 aliphatic heterocycles. The van der Waals surface area contributed by atoms with Crippen molar-refractivity contribution >= 4 is 15.9 Å². The second-order valence-corrected chi connectivity index (χ2v) is 5.70. The van der Waals surface area contributed by atoms with E-state index in [1.165, 1.54) is 16.7 Å². The smallest absolute Gasteiger partial charge is 0.0178 e. The molecule has 18 heavy (non-hydrogen) atoms. The monoisotopic (exact) mass is 303 g/mol. The molecular formula is C16H18BrN. The molecule has 2 N–H and O–H groups in total. The van der Waals surface area contributed by atoms with Crippen molar-refractivity contribution in [3.63, 3.8) is 0 Å². The second-order valence-electron chi connectivity index (χ2n) is 4.79. The molecule has 2 aromatic rings. The molecule has 0 aliphatic rings. The molecule has 0 heterocycles. The Bertz CT molecular complexity index is 475. The summed E-state index contributed by atoms with van der Waals surface area (Å²) in [6.07, 6.45) is 1.83. The van der Waals surface area contributed by atoms with Gasteiger partial charge in [-0.1, -0.05) is 57.9 Å². The Morgan fingerprint density at radius 2 is 1.61 bits per heavy atom. The van der Waals surface area contributed by atoms with Crippen molar-refractivity contribution in [2.24, 2.45) is 5.73 Å². The van der Waals surface area contributed by atoms with Gasteiger partial charge in [-0.05, 0) is 43.0 Å². The number of halogens is 1. The fourth-order valence-electron chi connectivity index (χ4n) is 2.18. The number of benzene rings is 2. The predicted molar refractivity (Wildman–Crippen MR) is 80.7 cm³/mol. The van der Waals surface area contributed by atoms with E-state index < -0.39 is 0 Å². The van der Waals surface area contributed by atoms with Gasteiger partial charge in [0.05, 0.1) is 0 Å². The summed E-state index contributed by atoms with van der Waals surface area (Å²) in [7, 11) is 0. The van der Waals surface area contributed by atoms with Gasteiger partial charge in [-0.15, -0.1) is 0 Å².